The summed E-state index contributed by atoms with van der Waals surface area (Å²) in [6.45, 7) is 0.278. The van der Waals surface area contributed by atoms with E-state index in [1.807, 2.05) is 12.1 Å². The molecule has 124 valence electrons. The van der Waals surface area contributed by atoms with Crippen LogP contribution in [0.15, 0.2) is 47.2 Å². The van der Waals surface area contributed by atoms with Crippen molar-refractivity contribution < 1.29 is 18.8 Å². The van der Waals surface area contributed by atoms with Gasteiger partial charge in [-0.15, -0.1) is 0 Å². The fraction of sp³-hybridized carbons (Fsp3) is 0.294. The Kier molecular flexibility index (Phi) is 4.69. The van der Waals surface area contributed by atoms with Gasteiger partial charge in [-0.05, 0) is 24.3 Å². The van der Waals surface area contributed by atoms with Crippen LogP contribution in [0.3, 0.4) is 0 Å². The lowest BCUT2D eigenvalue weighted by molar-refractivity contribution is -0.146. The minimum absolute atomic E-state index is 0.171. The maximum absolute atomic E-state index is 12.6. The van der Waals surface area contributed by atoms with E-state index in [9.17, 15) is 14.4 Å². The fourth-order valence-corrected chi connectivity index (χ4v) is 2.54. The first-order chi connectivity index (χ1) is 11.6. The number of likely N-dealkylation sites (tertiary alicyclic amines) is 1. The Labute approximate surface area is 138 Å². The maximum Gasteiger partial charge on any atom is 0.243 e. The third kappa shape index (κ3) is 3.68. The van der Waals surface area contributed by atoms with E-state index < -0.39 is 0 Å². The van der Waals surface area contributed by atoms with Crippen molar-refractivity contribution >= 4 is 17.7 Å². The first-order valence-electron chi connectivity index (χ1n) is 7.67. The summed E-state index contributed by atoms with van der Waals surface area (Å²) in [5.41, 5.74) is 0.719. The van der Waals surface area contributed by atoms with E-state index in [-0.39, 0.29) is 50.2 Å². The molecule has 3 amide bonds. The van der Waals surface area contributed by atoms with Gasteiger partial charge in [0.15, 0.2) is 0 Å². The standard InChI is InChI=1S/C17H17N3O4/c21-15-6-7-16(22)20(15)12-17(23)19(11-14-5-3-9-24-14)10-13-4-1-2-8-18-13/h1-5,8-9H,6-7,10-12H2. The summed E-state index contributed by atoms with van der Waals surface area (Å²) in [5.74, 6) is -0.299. The van der Waals surface area contributed by atoms with E-state index in [4.69, 9.17) is 4.42 Å². The Hall–Kier alpha value is -2.96. The SMILES string of the molecule is O=C(CN1C(=O)CCC1=O)N(Cc1ccccn1)Cc1ccco1. The average molecular weight is 327 g/mol. The number of carbonyl (C=O) groups excluding carboxylic acids is 3. The molecule has 2 aromatic heterocycles. The monoisotopic (exact) mass is 327 g/mol. The highest BCUT2D eigenvalue weighted by molar-refractivity contribution is 6.04. The van der Waals surface area contributed by atoms with E-state index >= 15 is 0 Å². The van der Waals surface area contributed by atoms with Crippen molar-refractivity contribution in [1.82, 2.24) is 14.8 Å². The molecular weight excluding hydrogens is 310 g/mol. The molecule has 0 radical (unpaired) electrons. The largest absolute Gasteiger partial charge is 0.467 e. The Balaban J connectivity index is 1.74. The molecule has 3 rings (SSSR count). The molecular formula is C17H17N3O4. The van der Waals surface area contributed by atoms with Crippen LogP contribution in [-0.2, 0) is 27.5 Å². The van der Waals surface area contributed by atoms with Crippen LogP contribution >= 0.6 is 0 Å². The van der Waals surface area contributed by atoms with Crippen molar-refractivity contribution in [1.29, 1.82) is 0 Å². The van der Waals surface area contributed by atoms with Crippen molar-refractivity contribution in [3.8, 4) is 0 Å². The molecule has 0 aliphatic carbocycles. The molecule has 3 heterocycles. The van der Waals surface area contributed by atoms with Crippen molar-refractivity contribution in [2.75, 3.05) is 6.54 Å². The van der Waals surface area contributed by atoms with Crippen LogP contribution in [0, 0.1) is 0 Å². The van der Waals surface area contributed by atoms with Gasteiger partial charge < -0.3 is 9.32 Å². The Bertz CT molecular complexity index is 712. The van der Waals surface area contributed by atoms with E-state index in [1.165, 1.54) is 11.2 Å². The Morgan fingerprint density at radius 3 is 2.54 bits per heavy atom. The van der Waals surface area contributed by atoms with Crippen LogP contribution in [0.1, 0.15) is 24.3 Å². The molecule has 0 aromatic carbocycles. The van der Waals surface area contributed by atoms with Crippen LogP contribution < -0.4 is 0 Å². The highest BCUT2D eigenvalue weighted by Gasteiger charge is 2.32. The van der Waals surface area contributed by atoms with Crippen LogP contribution in [0.25, 0.3) is 0 Å². The zero-order chi connectivity index (χ0) is 16.9. The number of pyridine rings is 1. The summed E-state index contributed by atoms with van der Waals surface area (Å²) in [4.78, 5) is 42.8. The molecule has 0 N–H and O–H groups in total. The summed E-state index contributed by atoms with van der Waals surface area (Å²) in [7, 11) is 0. The van der Waals surface area contributed by atoms with Crippen LogP contribution in [0.2, 0.25) is 0 Å². The van der Waals surface area contributed by atoms with E-state index in [1.54, 1.807) is 24.4 Å². The number of furan rings is 1. The summed E-state index contributed by atoms with van der Waals surface area (Å²) < 4.78 is 5.30. The molecule has 1 aliphatic rings. The van der Waals surface area contributed by atoms with Gasteiger partial charge in [0.05, 0.1) is 25.0 Å². The van der Waals surface area contributed by atoms with Gasteiger partial charge in [-0.1, -0.05) is 6.07 Å². The van der Waals surface area contributed by atoms with Crippen molar-refractivity contribution in [3.05, 3.63) is 54.2 Å². The third-order valence-electron chi connectivity index (χ3n) is 3.81. The lowest BCUT2D eigenvalue weighted by Crippen LogP contribution is -2.42. The smallest absolute Gasteiger partial charge is 0.243 e. The Morgan fingerprint density at radius 1 is 1.12 bits per heavy atom. The summed E-state index contributed by atoms with van der Waals surface area (Å²) in [6.07, 6.45) is 3.53. The highest BCUT2D eigenvalue weighted by atomic mass is 16.3. The van der Waals surface area contributed by atoms with Gasteiger partial charge in [0, 0.05) is 19.0 Å². The van der Waals surface area contributed by atoms with Crippen molar-refractivity contribution in [3.63, 3.8) is 0 Å². The molecule has 0 saturated carbocycles. The third-order valence-corrected chi connectivity index (χ3v) is 3.81. The van der Waals surface area contributed by atoms with Gasteiger partial charge in [-0.3, -0.25) is 24.3 Å². The second-order valence-electron chi connectivity index (χ2n) is 5.52. The normalized spacial score (nSPS) is 14.2. The second kappa shape index (κ2) is 7.08. The van der Waals surface area contributed by atoms with E-state index in [0.29, 0.717) is 5.76 Å². The summed E-state index contributed by atoms with van der Waals surface area (Å²) >= 11 is 0. The molecule has 0 bridgehead atoms. The lowest BCUT2D eigenvalue weighted by Gasteiger charge is -2.23. The minimum atomic E-state index is -0.319. The number of imide groups is 1. The fourth-order valence-electron chi connectivity index (χ4n) is 2.54. The zero-order valence-electron chi connectivity index (χ0n) is 13.1. The van der Waals surface area contributed by atoms with Gasteiger partial charge in [-0.2, -0.15) is 0 Å². The van der Waals surface area contributed by atoms with Crippen LogP contribution in [0.5, 0.6) is 0 Å². The first kappa shape index (κ1) is 15.9. The van der Waals surface area contributed by atoms with E-state index in [0.717, 1.165) is 10.6 Å². The number of amides is 3. The quantitative estimate of drug-likeness (QED) is 0.748. The Morgan fingerprint density at radius 2 is 1.92 bits per heavy atom. The molecule has 7 nitrogen and oxygen atoms in total. The second-order valence-corrected chi connectivity index (χ2v) is 5.52. The molecule has 0 atom stereocenters. The number of aromatic nitrogens is 1. The number of carbonyl (C=O) groups is 3. The number of hydrogen-bond donors (Lipinski definition) is 0. The predicted molar refractivity (Wildman–Crippen MR) is 83.2 cm³/mol. The molecule has 1 aliphatic heterocycles. The summed E-state index contributed by atoms with van der Waals surface area (Å²) in [6, 6.07) is 8.96. The first-order valence-corrected chi connectivity index (χ1v) is 7.67. The number of hydrogen-bond acceptors (Lipinski definition) is 5. The summed E-state index contributed by atoms with van der Waals surface area (Å²) in [5, 5.41) is 0. The van der Waals surface area contributed by atoms with Gasteiger partial charge in [-0.25, -0.2) is 0 Å². The molecule has 1 saturated heterocycles. The number of rotatable bonds is 6. The average Bonchev–Trinajstić information content (AvgIpc) is 3.20. The number of nitrogens with zero attached hydrogens (tertiary/aromatic N) is 3. The van der Waals surface area contributed by atoms with E-state index in [2.05, 4.69) is 4.98 Å². The molecule has 0 unspecified atom stereocenters. The van der Waals surface area contributed by atoms with Gasteiger partial charge in [0.2, 0.25) is 17.7 Å². The van der Waals surface area contributed by atoms with Crippen molar-refractivity contribution in [2.24, 2.45) is 0 Å². The predicted octanol–water partition coefficient (Wildman–Crippen LogP) is 1.35. The molecule has 2 aromatic rings. The topological polar surface area (TPSA) is 83.7 Å². The van der Waals surface area contributed by atoms with Gasteiger partial charge in [0.25, 0.3) is 0 Å². The zero-order valence-corrected chi connectivity index (χ0v) is 13.1. The van der Waals surface area contributed by atoms with Crippen molar-refractivity contribution in [2.45, 2.75) is 25.9 Å². The molecule has 0 spiro atoms. The van der Waals surface area contributed by atoms with Gasteiger partial charge in [0.1, 0.15) is 12.3 Å². The van der Waals surface area contributed by atoms with Crippen LogP contribution in [0.4, 0.5) is 0 Å². The van der Waals surface area contributed by atoms with Crippen LogP contribution in [-0.4, -0.2) is 39.1 Å². The lowest BCUT2D eigenvalue weighted by atomic mass is 10.3. The molecule has 7 heteroatoms. The molecule has 1 fully saturated rings. The molecule has 24 heavy (non-hydrogen) atoms. The van der Waals surface area contributed by atoms with Gasteiger partial charge >= 0.3 is 0 Å². The minimum Gasteiger partial charge on any atom is -0.467 e. The highest BCUT2D eigenvalue weighted by Crippen LogP contribution is 2.14. The maximum atomic E-state index is 12.6.